The number of aryl methyl sites for hydroxylation is 1. The normalized spacial score (nSPS) is 10.1. The van der Waals surface area contributed by atoms with Crippen molar-refractivity contribution in [3.63, 3.8) is 0 Å². The summed E-state index contributed by atoms with van der Waals surface area (Å²) in [7, 11) is 0. The van der Waals surface area contributed by atoms with Crippen molar-refractivity contribution in [2.24, 2.45) is 5.84 Å². The summed E-state index contributed by atoms with van der Waals surface area (Å²) >= 11 is 0. The van der Waals surface area contributed by atoms with Gasteiger partial charge in [-0.05, 0) is 18.6 Å². The largest absolute Gasteiger partial charge is 0.318 e. The average molecular weight is 261 g/mol. The first-order chi connectivity index (χ1) is 9.11. The number of nitrogens with two attached hydrogens (primary N) is 1. The first-order valence-electron chi connectivity index (χ1n) is 5.47. The van der Waals surface area contributed by atoms with E-state index in [0.29, 0.717) is 5.56 Å². The fourth-order valence-corrected chi connectivity index (χ4v) is 1.51. The minimum atomic E-state index is -0.558. The number of hydrazine groups is 1. The summed E-state index contributed by atoms with van der Waals surface area (Å²) in [6.45, 7) is 1.70. The number of aromatic nitrogens is 2. The molecule has 0 saturated carbocycles. The van der Waals surface area contributed by atoms with E-state index in [2.05, 4.69) is 20.7 Å². The summed E-state index contributed by atoms with van der Waals surface area (Å²) in [6.07, 6.45) is 2.64. The number of amides is 1. The second-order valence-corrected chi connectivity index (χ2v) is 3.82. The predicted molar refractivity (Wildman–Crippen MR) is 68.9 cm³/mol. The van der Waals surface area contributed by atoms with Gasteiger partial charge in [-0.25, -0.2) is 15.2 Å². The van der Waals surface area contributed by atoms with Gasteiger partial charge in [0.15, 0.2) is 5.82 Å². The number of halogens is 1. The number of rotatable bonds is 3. The van der Waals surface area contributed by atoms with Crippen molar-refractivity contribution >= 4 is 17.4 Å². The number of carbonyl (C=O) groups excluding carboxylic acids is 1. The lowest BCUT2D eigenvalue weighted by Crippen LogP contribution is -2.17. The summed E-state index contributed by atoms with van der Waals surface area (Å²) in [5.41, 5.74) is 3.07. The van der Waals surface area contributed by atoms with Crippen molar-refractivity contribution in [3.05, 3.63) is 47.7 Å². The quantitative estimate of drug-likeness (QED) is 0.574. The van der Waals surface area contributed by atoms with Crippen LogP contribution in [0.2, 0.25) is 0 Å². The highest BCUT2D eigenvalue weighted by atomic mass is 19.1. The maximum atomic E-state index is 13.6. The lowest BCUT2D eigenvalue weighted by molar-refractivity contribution is 0.102. The van der Waals surface area contributed by atoms with Crippen LogP contribution in [0.25, 0.3) is 0 Å². The molecule has 0 unspecified atom stereocenters. The van der Waals surface area contributed by atoms with Crippen LogP contribution in [0, 0.1) is 12.7 Å². The number of carbonyl (C=O) groups is 1. The molecule has 1 heterocycles. The van der Waals surface area contributed by atoms with Crippen LogP contribution in [0.15, 0.2) is 30.6 Å². The molecule has 1 aromatic heterocycles. The third kappa shape index (κ3) is 2.83. The SMILES string of the molecule is Cc1cccc(F)c1NC(=O)c1cncc(NN)n1. The Hall–Kier alpha value is -2.54. The minimum Gasteiger partial charge on any atom is -0.318 e. The fourth-order valence-electron chi connectivity index (χ4n) is 1.51. The predicted octanol–water partition coefficient (Wildman–Crippen LogP) is 1.46. The molecule has 98 valence electrons. The number of anilines is 2. The first-order valence-corrected chi connectivity index (χ1v) is 5.47. The second kappa shape index (κ2) is 5.40. The summed E-state index contributed by atoms with van der Waals surface area (Å²) in [5, 5.41) is 2.46. The van der Waals surface area contributed by atoms with Crippen molar-refractivity contribution in [2.45, 2.75) is 6.92 Å². The van der Waals surface area contributed by atoms with Crippen LogP contribution in [-0.4, -0.2) is 15.9 Å². The van der Waals surface area contributed by atoms with E-state index in [0.717, 1.165) is 0 Å². The number of nitrogens with zero attached hydrogens (tertiary/aromatic N) is 2. The van der Waals surface area contributed by atoms with Crippen LogP contribution in [0.3, 0.4) is 0 Å². The summed E-state index contributed by atoms with van der Waals surface area (Å²) in [4.78, 5) is 19.7. The van der Waals surface area contributed by atoms with E-state index in [-0.39, 0.29) is 17.2 Å². The highest BCUT2D eigenvalue weighted by molar-refractivity contribution is 6.03. The van der Waals surface area contributed by atoms with Crippen LogP contribution < -0.4 is 16.6 Å². The lowest BCUT2D eigenvalue weighted by Gasteiger charge is -2.09. The Morgan fingerprint density at radius 3 is 2.84 bits per heavy atom. The highest BCUT2D eigenvalue weighted by Crippen LogP contribution is 2.19. The Kier molecular flexibility index (Phi) is 3.67. The van der Waals surface area contributed by atoms with Gasteiger partial charge in [0, 0.05) is 0 Å². The van der Waals surface area contributed by atoms with Crippen LogP contribution in [0.4, 0.5) is 15.9 Å². The topological polar surface area (TPSA) is 92.9 Å². The standard InChI is InChI=1S/C12H12FN5O/c1-7-3-2-4-8(13)11(7)17-12(19)9-5-15-6-10(16-9)18-14/h2-6H,14H2,1H3,(H,16,18)(H,17,19). The van der Waals surface area contributed by atoms with E-state index in [9.17, 15) is 9.18 Å². The molecule has 6 nitrogen and oxygen atoms in total. The minimum absolute atomic E-state index is 0.0399. The third-order valence-electron chi connectivity index (χ3n) is 2.48. The molecule has 2 aromatic rings. The fraction of sp³-hybridized carbons (Fsp3) is 0.0833. The van der Waals surface area contributed by atoms with Gasteiger partial charge < -0.3 is 10.7 Å². The number of nitrogens with one attached hydrogen (secondary N) is 2. The molecule has 0 fully saturated rings. The molecule has 0 aliphatic rings. The Balaban J connectivity index is 2.25. The molecule has 0 atom stereocenters. The summed E-state index contributed by atoms with van der Waals surface area (Å²) in [5.74, 6) is 4.36. The molecule has 4 N–H and O–H groups in total. The number of hydrogen-bond donors (Lipinski definition) is 3. The van der Waals surface area contributed by atoms with Crippen LogP contribution in [0.1, 0.15) is 16.1 Å². The molecule has 2 rings (SSSR count). The number of para-hydroxylation sites is 1. The van der Waals surface area contributed by atoms with Crippen molar-refractivity contribution in [1.29, 1.82) is 0 Å². The van der Waals surface area contributed by atoms with E-state index in [4.69, 9.17) is 5.84 Å². The zero-order valence-corrected chi connectivity index (χ0v) is 10.1. The molecule has 1 aromatic carbocycles. The lowest BCUT2D eigenvalue weighted by atomic mass is 10.2. The maximum absolute atomic E-state index is 13.6. The van der Waals surface area contributed by atoms with Crippen molar-refractivity contribution in [3.8, 4) is 0 Å². The summed E-state index contributed by atoms with van der Waals surface area (Å²) in [6, 6.07) is 4.54. The van der Waals surface area contributed by atoms with Crippen molar-refractivity contribution in [1.82, 2.24) is 9.97 Å². The molecule has 0 aliphatic carbocycles. The van der Waals surface area contributed by atoms with Gasteiger partial charge in [-0.3, -0.25) is 9.78 Å². The summed E-state index contributed by atoms with van der Waals surface area (Å²) < 4.78 is 13.6. The Morgan fingerprint density at radius 1 is 1.37 bits per heavy atom. The van der Waals surface area contributed by atoms with E-state index < -0.39 is 11.7 Å². The first kappa shape index (κ1) is 12.9. The molecule has 1 amide bonds. The van der Waals surface area contributed by atoms with Gasteiger partial charge in [-0.15, -0.1) is 0 Å². The zero-order valence-electron chi connectivity index (χ0n) is 10.1. The van der Waals surface area contributed by atoms with Crippen LogP contribution in [0.5, 0.6) is 0 Å². The Morgan fingerprint density at radius 2 is 2.16 bits per heavy atom. The molecule has 0 spiro atoms. The highest BCUT2D eigenvalue weighted by Gasteiger charge is 2.13. The maximum Gasteiger partial charge on any atom is 0.276 e. The molecular formula is C12H12FN5O. The van der Waals surface area contributed by atoms with Crippen molar-refractivity contribution < 1.29 is 9.18 Å². The monoisotopic (exact) mass is 261 g/mol. The van der Waals surface area contributed by atoms with Crippen LogP contribution >= 0.6 is 0 Å². The molecule has 0 aliphatic heterocycles. The van der Waals surface area contributed by atoms with Crippen molar-refractivity contribution in [2.75, 3.05) is 10.7 Å². The number of hydrogen-bond acceptors (Lipinski definition) is 5. The van der Waals surface area contributed by atoms with Gasteiger partial charge in [-0.2, -0.15) is 0 Å². The van der Waals surface area contributed by atoms with Gasteiger partial charge in [0.1, 0.15) is 11.5 Å². The van der Waals surface area contributed by atoms with Gasteiger partial charge in [-0.1, -0.05) is 12.1 Å². The molecule has 0 saturated heterocycles. The van der Waals surface area contributed by atoms with Gasteiger partial charge >= 0.3 is 0 Å². The molecule has 19 heavy (non-hydrogen) atoms. The Bertz CT molecular complexity index is 597. The third-order valence-corrected chi connectivity index (χ3v) is 2.48. The van der Waals surface area contributed by atoms with Gasteiger partial charge in [0.2, 0.25) is 0 Å². The molecule has 0 radical (unpaired) electrons. The second-order valence-electron chi connectivity index (χ2n) is 3.82. The number of benzene rings is 1. The van der Waals surface area contributed by atoms with Crippen LogP contribution in [-0.2, 0) is 0 Å². The van der Waals surface area contributed by atoms with Gasteiger partial charge in [0.25, 0.3) is 5.91 Å². The number of nitrogen functional groups attached to an aromatic ring is 1. The molecule has 0 bridgehead atoms. The van der Waals surface area contributed by atoms with E-state index in [1.165, 1.54) is 18.5 Å². The zero-order chi connectivity index (χ0) is 13.8. The van der Waals surface area contributed by atoms with E-state index >= 15 is 0 Å². The average Bonchev–Trinajstić information content (AvgIpc) is 2.43. The van der Waals surface area contributed by atoms with Gasteiger partial charge in [0.05, 0.1) is 18.1 Å². The van der Waals surface area contributed by atoms with E-state index in [1.807, 2.05) is 0 Å². The molecular weight excluding hydrogens is 249 g/mol. The molecule has 7 heteroatoms. The Labute approximate surface area is 108 Å². The smallest absolute Gasteiger partial charge is 0.276 e. The van der Waals surface area contributed by atoms with E-state index in [1.54, 1.807) is 19.1 Å².